The van der Waals surface area contributed by atoms with Crippen molar-refractivity contribution in [1.29, 1.82) is 0 Å². The molecule has 1 rings (SSSR count). The van der Waals surface area contributed by atoms with E-state index in [2.05, 4.69) is 10.8 Å². The molecular weight excluding hydrogens is 108 g/mol. The van der Waals surface area contributed by atoms with Gasteiger partial charge in [-0.1, -0.05) is 10.5 Å². The molecule has 0 aromatic rings. The third-order valence-corrected chi connectivity index (χ3v) is 0.986. The highest BCUT2D eigenvalue weighted by Gasteiger charge is 2.25. The zero-order chi connectivity index (χ0) is 6.15. The minimum absolute atomic E-state index is 0.352. The predicted octanol–water partition coefficient (Wildman–Crippen LogP) is -2.07. The van der Waals surface area contributed by atoms with Gasteiger partial charge >= 0.3 is 0 Å². The first kappa shape index (κ1) is 5.26. The van der Waals surface area contributed by atoms with E-state index >= 15 is 0 Å². The Morgan fingerprint density at radius 1 is 1.88 bits per heavy atom. The summed E-state index contributed by atoms with van der Waals surface area (Å²) in [5.74, 6) is 5.21. The van der Waals surface area contributed by atoms with E-state index in [-0.39, 0.29) is 6.29 Å². The molecular formula is C2H9N6+. The second-order valence-corrected chi connectivity index (χ2v) is 1.60. The zero-order valence-electron chi connectivity index (χ0n) is 4.57. The van der Waals surface area contributed by atoms with Gasteiger partial charge in [0.1, 0.15) is 5.22 Å². The van der Waals surface area contributed by atoms with Gasteiger partial charge in [-0.15, -0.1) is 0 Å². The van der Waals surface area contributed by atoms with Crippen molar-refractivity contribution < 1.29 is 4.81 Å². The maximum atomic E-state index is 5.39. The molecule has 0 amide bonds. The van der Waals surface area contributed by atoms with Crippen LogP contribution in [-0.4, -0.2) is 23.2 Å². The summed E-state index contributed by atoms with van der Waals surface area (Å²) >= 11 is 0. The van der Waals surface area contributed by atoms with Crippen molar-refractivity contribution in [2.45, 2.75) is 6.29 Å². The van der Waals surface area contributed by atoms with E-state index in [1.165, 1.54) is 0 Å². The molecule has 8 heavy (non-hydrogen) atoms. The summed E-state index contributed by atoms with van der Waals surface area (Å²) in [7, 11) is 1.75. The Morgan fingerprint density at radius 2 is 2.50 bits per heavy atom. The topological polar surface area (TPSA) is 82.7 Å². The second-order valence-electron chi connectivity index (χ2n) is 1.60. The standard InChI is InChI=1S/C2H8N6/c1-7-2(3)8(4)6-5-7/h2H,3-4H2,1H3/p+1. The van der Waals surface area contributed by atoms with E-state index in [4.69, 9.17) is 11.6 Å². The van der Waals surface area contributed by atoms with E-state index in [9.17, 15) is 0 Å². The summed E-state index contributed by atoms with van der Waals surface area (Å²) in [6.07, 6.45) is -0.352. The van der Waals surface area contributed by atoms with E-state index in [1.807, 2.05) is 0 Å². The van der Waals surface area contributed by atoms with Crippen molar-refractivity contribution in [3.63, 3.8) is 0 Å². The summed E-state index contributed by atoms with van der Waals surface area (Å²) in [4.78, 5) is 1.14. The second kappa shape index (κ2) is 1.57. The third kappa shape index (κ3) is 0.592. The summed E-state index contributed by atoms with van der Waals surface area (Å²) < 4.78 is 0. The Kier molecular flexibility index (Phi) is 1.03. The van der Waals surface area contributed by atoms with Crippen LogP contribution in [-0.2, 0) is 0 Å². The maximum Gasteiger partial charge on any atom is 0.284 e. The molecule has 0 spiro atoms. The largest absolute Gasteiger partial charge is 0.284 e. The van der Waals surface area contributed by atoms with Crippen molar-refractivity contribution in [2.24, 2.45) is 16.8 Å². The van der Waals surface area contributed by atoms with Crippen LogP contribution in [0.1, 0.15) is 0 Å². The summed E-state index contributed by atoms with van der Waals surface area (Å²) in [5.41, 5.74) is 7.95. The third-order valence-electron chi connectivity index (χ3n) is 0.986. The van der Waals surface area contributed by atoms with Crippen molar-refractivity contribution in [1.82, 2.24) is 10.5 Å². The van der Waals surface area contributed by atoms with Crippen LogP contribution in [0.15, 0.2) is 5.22 Å². The Morgan fingerprint density at radius 3 is 2.62 bits per heavy atom. The number of nitrogens with zero attached hydrogens (tertiary/aromatic N) is 3. The lowest BCUT2D eigenvalue weighted by Gasteiger charge is -2.03. The number of hydrogen-bond donors (Lipinski definition) is 3. The fourth-order valence-electron chi connectivity index (χ4n) is 0.418. The lowest BCUT2D eigenvalue weighted by atomic mass is 10.8. The van der Waals surface area contributed by atoms with E-state index in [0.29, 0.717) is 0 Å². The molecule has 1 atom stereocenters. The van der Waals surface area contributed by atoms with Crippen LogP contribution in [0, 0.1) is 0 Å². The smallest absolute Gasteiger partial charge is 0.273 e. The van der Waals surface area contributed by atoms with Gasteiger partial charge in [-0.3, -0.25) is 11.6 Å². The van der Waals surface area contributed by atoms with Gasteiger partial charge in [0.2, 0.25) is 0 Å². The Bertz CT molecular complexity index is 118. The fraction of sp³-hybridized carbons (Fsp3) is 1.00. The van der Waals surface area contributed by atoms with Crippen LogP contribution < -0.4 is 17.1 Å². The Hall–Kier alpha value is -0.880. The molecule has 0 saturated heterocycles. The molecule has 6 nitrogen and oxygen atoms in total. The molecule has 0 saturated carbocycles. The van der Waals surface area contributed by atoms with Crippen LogP contribution in [0.5, 0.6) is 0 Å². The first-order chi connectivity index (χ1) is 3.72. The predicted molar refractivity (Wildman–Crippen MR) is 25.7 cm³/mol. The van der Waals surface area contributed by atoms with Crippen molar-refractivity contribution in [3.8, 4) is 0 Å². The van der Waals surface area contributed by atoms with Crippen LogP contribution in [0.2, 0.25) is 0 Å². The molecule has 1 heterocycles. The number of nitrogens with one attached hydrogen (secondary N) is 1. The lowest BCUT2D eigenvalue weighted by molar-refractivity contribution is -0.638. The minimum Gasteiger partial charge on any atom is -0.273 e. The first-order valence-electron chi connectivity index (χ1n) is 2.20. The molecule has 0 aromatic heterocycles. The van der Waals surface area contributed by atoms with Gasteiger partial charge in [0, 0.05) is 7.05 Å². The molecule has 1 aliphatic heterocycles. The summed E-state index contributed by atoms with van der Waals surface area (Å²) in [5, 5.41) is 5.14. The van der Waals surface area contributed by atoms with Crippen molar-refractivity contribution >= 4 is 0 Å². The molecule has 0 aromatic carbocycles. The highest BCUT2D eigenvalue weighted by molar-refractivity contribution is 4.38. The highest BCUT2D eigenvalue weighted by Crippen LogP contribution is 1.89. The van der Waals surface area contributed by atoms with E-state index < -0.39 is 0 Å². The van der Waals surface area contributed by atoms with Gasteiger partial charge < -0.3 is 0 Å². The van der Waals surface area contributed by atoms with E-state index in [1.54, 1.807) is 12.1 Å². The van der Waals surface area contributed by atoms with Gasteiger partial charge in [0.05, 0.1) is 0 Å². The molecule has 46 valence electrons. The first-order valence-corrected chi connectivity index (χ1v) is 2.20. The van der Waals surface area contributed by atoms with Crippen molar-refractivity contribution in [3.05, 3.63) is 0 Å². The summed E-state index contributed by atoms with van der Waals surface area (Å²) in [6.45, 7) is 0. The van der Waals surface area contributed by atoms with Crippen LogP contribution in [0.4, 0.5) is 0 Å². The molecule has 1 unspecified atom stereocenters. The molecule has 0 aliphatic carbocycles. The van der Waals surface area contributed by atoms with Crippen LogP contribution in [0.3, 0.4) is 0 Å². The quantitative estimate of drug-likeness (QED) is 0.251. The van der Waals surface area contributed by atoms with Crippen LogP contribution in [0.25, 0.3) is 0 Å². The monoisotopic (exact) mass is 117 g/mol. The fourth-order valence-corrected chi connectivity index (χ4v) is 0.418. The number of nitrogens with two attached hydrogens (primary N) is 2. The van der Waals surface area contributed by atoms with Gasteiger partial charge in [-0.25, -0.2) is 0 Å². The minimum atomic E-state index is -0.352. The molecule has 6 heteroatoms. The number of hydrazine groups is 2. The molecule has 0 bridgehead atoms. The van der Waals surface area contributed by atoms with Gasteiger partial charge in [-0.05, 0) is 4.81 Å². The SMILES string of the molecule is CN1NN=[N+](N)C1N. The van der Waals surface area contributed by atoms with Gasteiger partial charge in [0.15, 0.2) is 0 Å². The van der Waals surface area contributed by atoms with Gasteiger partial charge in [-0.2, -0.15) is 0 Å². The number of rotatable bonds is 0. The normalized spacial score (nSPS) is 29.8. The molecule has 5 N–H and O–H groups in total. The zero-order valence-corrected chi connectivity index (χ0v) is 4.57. The van der Waals surface area contributed by atoms with Crippen LogP contribution >= 0.6 is 0 Å². The molecule has 0 fully saturated rings. The Balaban J connectivity index is 2.59. The summed E-state index contributed by atoms with van der Waals surface area (Å²) in [6, 6.07) is 0. The van der Waals surface area contributed by atoms with Crippen molar-refractivity contribution in [2.75, 3.05) is 7.05 Å². The average Bonchev–Trinajstić information content (AvgIpc) is 1.98. The average molecular weight is 117 g/mol. The highest BCUT2D eigenvalue weighted by atomic mass is 15.9. The van der Waals surface area contributed by atoms with Gasteiger partial charge in [0.25, 0.3) is 6.29 Å². The maximum absolute atomic E-state index is 5.39. The number of hydrogen-bond acceptors (Lipinski definition) is 5. The Labute approximate surface area is 46.7 Å². The van der Waals surface area contributed by atoms with E-state index in [0.717, 1.165) is 4.81 Å². The molecule has 1 aliphatic rings. The molecule has 0 radical (unpaired) electrons. The lowest BCUT2D eigenvalue weighted by Crippen LogP contribution is -2.47.